The van der Waals surface area contributed by atoms with Crippen molar-refractivity contribution in [3.8, 4) is 0 Å². The molecule has 2 aliphatic rings. The van der Waals surface area contributed by atoms with E-state index in [1.165, 1.54) is 59.9 Å². The molecule has 1 saturated carbocycles. The maximum absolute atomic E-state index is 12.0. The van der Waals surface area contributed by atoms with Gasteiger partial charge in [-0.1, -0.05) is 55.2 Å². The zero-order valence-electron chi connectivity index (χ0n) is 16.8. The van der Waals surface area contributed by atoms with Gasteiger partial charge in [0.25, 0.3) is 0 Å². The van der Waals surface area contributed by atoms with Crippen LogP contribution in [0, 0.1) is 19.8 Å². The van der Waals surface area contributed by atoms with Crippen LogP contribution in [0.25, 0.3) is 11.1 Å². The van der Waals surface area contributed by atoms with Gasteiger partial charge in [-0.2, -0.15) is 0 Å². The molecule has 0 spiro atoms. The number of hydrogen-bond acceptors (Lipinski definition) is 1. The molecule has 2 nitrogen and oxygen atoms in total. The molecular formula is C25H28ClNO. The van der Waals surface area contributed by atoms with Gasteiger partial charge in [-0.25, -0.2) is 0 Å². The Bertz CT molecular complexity index is 938. The maximum atomic E-state index is 12.0. The Hall–Kier alpha value is -2.06. The number of nitrogens with one attached hydrogen (secondary N) is 1. The summed E-state index contributed by atoms with van der Waals surface area (Å²) in [7, 11) is 0. The molecular weight excluding hydrogens is 366 g/mol. The number of rotatable bonds is 4. The third-order valence-electron chi connectivity index (χ3n) is 6.15. The van der Waals surface area contributed by atoms with Crippen LogP contribution in [0.2, 0.25) is 0 Å². The second-order valence-corrected chi connectivity index (χ2v) is 8.56. The zero-order chi connectivity index (χ0) is 19.7. The van der Waals surface area contributed by atoms with Gasteiger partial charge >= 0.3 is 0 Å². The van der Waals surface area contributed by atoms with E-state index < -0.39 is 0 Å². The fraction of sp³-hybridized carbons (Fsp3) is 0.400. The maximum Gasteiger partial charge on any atom is 0.239 e. The van der Waals surface area contributed by atoms with Crippen molar-refractivity contribution < 1.29 is 4.79 Å². The molecule has 28 heavy (non-hydrogen) atoms. The average molecular weight is 394 g/mol. The first-order valence-electron chi connectivity index (χ1n) is 10.4. The number of amides is 1. The van der Waals surface area contributed by atoms with E-state index in [0.717, 1.165) is 23.2 Å². The number of anilines is 1. The second-order valence-electron chi connectivity index (χ2n) is 8.30. The van der Waals surface area contributed by atoms with Gasteiger partial charge in [-0.15, -0.1) is 11.6 Å². The lowest BCUT2D eigenvalue weighted by molar-refractivity contribution is -0.113. The van der Waals surface area contributed by atoms with Gasteiger partial charge in [0, 0.05) is 11.3 Å². The van der Waals surface area contributed by atoms with Crippen LogP contribution in [0.4, 0.5) is 5.69 Å². The number of hydrogen-bond donors (Lipinski definition) is 1. The van der Waals surface area contributed by atoms with E-state index in [2.05, 4.69) is 55.6 Å². The summed E-state index contributed by atoms with van der Waals surface area (Å²) in [6.07, 6.45) is 7.44. The first-order chi connectivity index (χ1) is 13.6. The molecule has 4 rings (SSSR count). The largest absolute Gasteiger partial charge is 0.324 e. The molecule has 1 amide bonds. The number of alkyl halides is 1. The van der Waals surface area contributed by atoms with E-state index in [0.29, 0.717) is 5.92 Å². The molecule has 1 fully saturated rings. The lowest BCUT2D eigenvalue weighted by atomic mass is 9.79. The Morgan fingerprint density at radius 3 is 2.39 bits per heavy atom. The highest BCUT2D eigenvalue weighted by Crippen LogP contribution is 2.48. The normalized spacial score (nSPS) is 17.0. The van der Waals surface area contributed by atoms with Gasteiger partial charge in [0.1, 0.15) is 5.88 Å². The summed E-state index contributed by atoms with van der Waals surface area (Å²) >= 11 is 5.77. The van der Waals surface area contributed by atoms with Gasteiger partial charge in [0.05, 0.1) is 0 Å². The number of carbonyl (C=O) groups excluding carboxylic acids is 1. The van der Waals surface area contributed by atoms with Crippen LogP contribution in [-0.2, 0) is 11.2 Å². The highest BCUT2D eigenvalue weighted by Gasteiger charge is 2.30. The third-order valence-corrected chi connectivity index (χ3v) is 6.40. The van der Waals surface area contributed by atoms with Crippen molar-refractivity contribution in [3.63, 3.8) is 0 Å². The molecule has 3 heteroatoms. The molecule has 2 aliphatic carbocycles. The molecule has 0 unspecified atom stereocenters. The predicted molar refractivity (Wildman–Crippen MR) is 119 cm³/mol. The minimum Gasteiger partial charge on any atom is -0.324 e. The average Bonchev–Trinajstić information content (AvgIpc) is 3.06. The topological polar surface area (TPSA) is 29.1 Å². The molecule has 1 N–H and O–H groups in total. The lowest BCUT2D eigenvalue weighted by Crippen LogP contribution is -2.14. The molecule has 0 heterocycles. The molecule has 0 radical (unpaired) electrons. The van der Waals surface area contributed by atoms with Gasteiger partial charge in [-0.05, 0) is 72.9 Å². The first-order valence-corrected chi connectivity index (χ1v) is 10.9. The summed E-state index contributed by atoms with van der Waals surface area (Å²) in [6, 6.07) is 13.3. The van der Waals surface area contributed by atoms with Crippen molar-refractivity contribution in [2.45, 2.75) is 52.4 Å². The summed E-state index contributed by atoms with van der Waals surface area (Å²) in [5.41, 5.74) is 10.2. The second kappa shape index (κ2) is 8.13. The number of fused-ring (bicyclic) bond motifs is 1. The Balaban J connectivity index is 1.85. The molecule has 2 aromatic rings. The number of halogens is 1. The molecule has 0 saturated heterocycles. The highest BCUT2D eigenvalue weighted by atomic mass is 35.5. The lowest BCUT2D eigenvalue weighted by Gasteiger charge is -2.26. The number of allylic oxidation sites excluding steroid dienone is 2. The minimum absolute atomic E-state index is 0.0265. The summed E-state index contributed by atoms with van der Waals surface area (Å²) in [6.45, 7) is 4.22. The van der Waals surface area contributed by atoms with E-state index in [-0.39, 0.29) is 11.8 Å². The van der Waals surface area contributed by atoms with Crippen LogP contribution in [-0.4, -0.2) is 11.8 Å². The van der Waals surface area contributed by atoms with Crippen LogP contribution >= 0.6 is 11.6 Å². The standard InChI is InChI=1S/C25H28ClNO/c1-16-8-10-20-19(12-16)14-22(25(20)18-6-4-3-5-7-18)21-11-9-17(2)13-23(21)27-24(28)15-26/h8-13,18H,3-7,14-15H2,1-2H3,(H,27,28). The van der Waals surface area contributed by atoms with Gasteiger partial charge in [-0.3, -0.25) is 4.79 Å². The van der Waals surface area contributed by atoms with E-state index in [1.807, 2.05) is 0 Å². The Kier molecular flexibility index (Phi) is 5.59. The quantitative estimate of drug-likeness (QED) is 0.588. The Morgan fingerprint density at radius 1 is 1.00 bits per heavy atom. The summed E-state index contributed by atoms with van der Waals surface area (Å²) < 4.78 is 0. The molecule has 0 atom stereocenters. The van der Waals surface area contributed by atoms with Crippen LogP contribution < -0.4 is 5.32 Å². The molecule has 0 aliphatic heterocycles. The molecule has 2 aromatic carbocycles. The van der Waals surface area contributed by atoms with Crippen molar-refractivity contribution in [1.29, 1.82) is 0 Å². The van der Waals surface area contributed by atoms with E-state index in [4.69, 9.17) is 11.6 Å². The number of carbonyl (C=O) groups is 1. The van der Waals surface area contributed by atoms with Crippen LogP contribution in [0.5, 0.6) is 0 Å². The van der Waals surface area contributed by atoms with E-state index >= 15 is 0 Å². The van der Waals surface area contributed by atoms with Crippen molar-refractivity contribution >= 4 is 34.3 Å². The fourth-order valence-electron chi connectivity index (χ4n) is 4.89. The summed E-state index contributed by atoms with van der Waals surface area (Å²) in [4.78, 5) is 12.0. The number of aryl methyl sites for hydroxylation is 2. The molecule has 0 bridgehead atoms. The molecule has 0 aromatic heterocycles. The van der Waals surface area contributed by atoms with Crippen molar-refractivity contribution in [2.75, 3.05) is 11.2 Å². The van der Waals surface area contributed by atoms with Gasteiger partial charge < -0.3 is 5.32 Å². The monoisotopic (exact) mass is 393 g/mol. The Morgan fingerprint density at radius 2 is 1.68 bits per heavy atom. The Labute approximate surface area is 173 Å². The SMILES string of the molecule is Cc1ccc2c(c1)CC(c1ccc(C)cc1NC(=O)CCl)=C2C1CCCCC1. The fourth-order valence-corrected chi connectivity index (χ4v) is 4.95. The van der Waals surface area contributed by atoms with Crippen LogP contribution in [0.3, 0.4) is 0 Å². The molecule has 146 valence electrons. The minimum atomic E-state index is -0.153. The number of benzene rings is 2. The third kappa shape index (κ3) is 3.75. The predicted octanol–water partition coefficient (Wildman–Crippen LogP) is 6.53. The van der Waals surface area contributed by atoms with Gasteiger partial charge in [0.15, 0.2) is 0 Å². The van der Waals surface area contributed by atoms with Crippen molar-refractivity contribution in [2.24, 2.45) is 5.92 Å². The van der Waals surface area contributed by atoms with Crippen LogP contribution in [0.1, 0.15) is 59.9 Å². The summed E-state index contributed by atoms with van der Waals surface area (Å²) in [5, 5.41) is 3.03. The first kappa shape index (κ1) is 19.3. The smallest absolute Gasteiger partial charge is 0.239 e. The van der Waals surface area contributed by atoms with Crippen molar-refractivity contribution in [3.05, 3.63) is 64.2 Å². The highest BCUT2D eigenvalue weighted by molar-refractivity contribution is 6.29. The van der Waals surface area contributed by atoms with Gasteiger partial charge in [0.2, 0.25) is 5.91 Å². The van der Waals surface area contributed by atoms with E-state index in [1.54, 1.807) is 0 Å². The zero-order valence-corrected chi connectivity index (χ0v) is 17.5. The van der Waals surface area contributed by atoms with E-state index in [9.17, 15) is 4.79 Å². The van der Waals surface area contributed by atoms with Crippen molar-refractivity contribution in [1.82, 2.24) is 0 Å². The van der Waals surface area contributed by atoms with Crippen LogP contribution in [0.15, 0.2) is 36.4 Å². The summed E-state index contributed by atoms with van der Waals surface area (Å²) in [5.74, 6) is 0.437.